The van der Waals surface area contributed by atoms with Gasteiger partial charge >= 0.3 is 0 Å². The summed E-state index contributed by atoms with van der Waals surface area (Å²) < 4.78 is 13.4. The summed E-state index contributed by atoms with van der Waals surface area (Å²) >= 11 is 0. The molecule has 0 radical (unpaired) electrons. The standard InChI is InChI=1S/C23H22N2O5/c1-3-30-22-12-11-21(26)19-14-20(15-7-9-16(10-8-15)25(27)28)24(23(19)22)17-5-4-6-18(13-17)29-2/h4-10,13-14,22H,3,11-12H2,1-2H3. The molecule has 7 nitrogen and oxygen atoms in total. The van der Waals surface area contributed by atoms with Gasteiger partial charge in [0.1, 0.15) is 5.75 Å². The largest absolute Gasteiger partial charge is 0.497 e. The number of carbonyl (C=O) groups is 1. The van der Waals surface area contributed by atoms with Crippen LogP contribution in [0.1, 0.15) is 41.9 Å². The number of rotatable bonds is 6. The second-order valence-electron chi connectivity index (χ2n) is 7.08. The number of Topliss-reactive ketones (excluding diaryl/α,β-unsaturated/α-hetero) is 1. The quantitative estimate of drug-likeness (QED) is 0.419. The molecule has 2 aromatic carbocycles. The molecular weight excluding hydrogens is 384 g/mol. The highest BCUT2D eigenvalue weighted by atomic mass is 16.6. The molecule has 1 heterocycles. The molecule has 0 aliphatic heterocycles. The van der Waals surface area contributed by atoms with Crippen LogP contribution in [-0.2, 0) is 4.74 Å². The summed E-state index contributed by atoms with van der Waals surface area (Å²) in [6.45, 7) is 2.47. The molecule has 0 amide bonds. The smallest absolute Gasteiger partial charge is 0.269 e. The Kier molecular flexibility index (Phi) is 5.37. The van der Waals surface area contributed by atoms with Crippen LogP contribution in [0.4, 0.5) is 5.69 Å². The van der Waals surface area contributed by atoms with Crippen molar-refractivity contribution in [3.05, 3.63) is 76.0 Å². The minimum atomic E-state index is -0.426. The van der Waals surface area contributed by atoms with Crippen molar-refractivity contribution in [2.24, 2.45) is 0 Å². The van der Waals surface area contributed by atoms with E-state index in [1.807, 2.05) is 41.8 Å². The van der Waals surface area contributed by atoms with Crippen molar-refractivity contribution in [2.75, 3.05) is 13.7 Å². The van der Waals surface area contributed by atoms with Crippen molar-refractivity contribution in [1.82, 2.24) is 4.57 Å². The second kappa shape index (κ2) is 8.12. The fourth-order valence-electron chi connectivity index (χ4n) is 3.96. The molecule has 0 fully saturated rings. The molecule has 0 spiro atoms. The molecular formula is C23H22N2O5. The highest BCUT2D eigenvalue weighted by Crippen LogP contribution is 2.40. The maximum atomic E-state index is 12.7. The monoisotopic (exact) mass is 406 g/mol. The first-order valence-electron chi connectivity index (χ1n) is 9.83. The molecule has 7 heteroatoms. The number of fused-ring (bicyclic) bond motifs is 1. The number of carbonyl (C=O) groups excluding carboxylic acids is 1. The van der Waals surface area contributed by atoms with E-state index < -0.39 is 4.92 Å². The third-order valence-electron chi connectivity index (χ3n) is 5.33. The fraction of sp³-hybridized carbons (Fsp3) is 0.261. The van der Waals surface area contributed by atoms with Gasteiger partial charge in [0.25, 0.3) is 5.69 Å². The van der Waals surface area contributed by atoms with Crippen molar-refractivity contribution in [1.29, 1.82) is 0 Å². The minimum Gasteiger partial charge on any atom is -0.497 e. The first-order chi connectivity index (χ1) is 14.5. The van der Waals surface area contributed by atoms with Crippen LogP contribution in [0.3, 0.4) is 0 Å². The van der Waals surface area contributed by atoms with E-state index in [9.17, 15) is 14.9 Å². The Labute approximate surface area is 174 Å². The van der Waals surface area contributed by atoms with Crippen LogP contribution in [0, 0.1) is 10.1 Å². The molecule has 0 saturated heterocycles. The lowest BCUT2D eigenvalue weighted by molar-refractivity contribution is -0.384. The lowest BCUT2D eigenvalue weighted by atomic mass is 9.94. The van der Waals surface area contributed by atoms with E-state index in [2.05, 4.69) is 0 Å². The van der Waals surface area contributed by atoms with Gasteiger partial charge in [-0.1, -0.05) is 6.07 Å². The van der Waals surface area contributed by atoms with Crippen molar-refractivity contribution < 1.29 is 19.2 Å². The van der Waals surface area contributed by atoms with E-state index in [4.69, 9.17) is 9.47 Å². The Hall–Kier alpha value is -3.45. The zero-order valence-electron chi connectivity index (χ0n) is 16.8. The summed E-state index contributed by atoms with van der Waals surface area (Å²) in [5.41, 5.74) is 3.86. The molecule has 154 valence electrons. The van der Waals surface area contributed by atoms with Crippen LogP contribution in [0.2, 0.25) is 0 Å². The van der Waals surface area contributed by atoms with Crippen LogP contribution < -0.4 is 4.74 Å². The van der Waals surface area contributed by atoms with E-state index in [1.165, 1.54) is 12.1 Å². The summed E-state index contributed by atoms with van der Waals surface area (Å²) in [5, 5.41) is 11.0. The lowest BCUT2D eigenvalue weighted by Crippen LogP contribution is -2.20. The molecule has 30 heavy (non-hydrogen) atoms. The van der Waals surface area contributed by atoms with E-state index in [0.29, 0.717) is 30.8 Å². The molecule has 1 aliphatic carbocycles. The van der Waals surface area contributed by atoms with E-state index >= 15 is 0 Å². The van der Waals surface area contributed by atoms with E-state index in [-0.39, 0.29) is 17.6 Å². The number of nitrogens with zero attached hydrogens (tertiary/aromatic N) is 2. The molecule has 1 unspecified atom stereocenters. The Morgan fingerprint density at radius 2 is 1.93 bits per heavy atom. The van der Waals surface area contributed by atoms with Gasteiger partial charge in [0.2, 0.25) is 0 Å². The molecule has 1 aliphatic rings. The third-order valence-corrected chi connectivity index (χ3v) is 5.33. The average Bonchev–Trinajstić information content (AvgIpc) is 3.17. The molecule has 1 aromatic heterocycles. The molecule has 4 rings (SSSR count). The summed E-state index contributed by atoms with van der Waals surface area (Å²) in [4.78, 5) is 23.4. The van der Waals surface area contributed by atoms with Crippen LogP contribution in [0.25, 0.3) is 16.9 Å². The highest BCUT2D eigenvalue weighted by molar-refractivity contribution is 6.00. The topological polar surface area (TPSA) is 83.6 Å². The van der Waals surface area contributed by atoms with E-state index in [1.54, 1.807) is 19.2 Å². The first kappa shape index (κ1) is 19.8. The molecule has 1 atom stereocenters. The number of nitro groups is 1. The highest BCUT2D eigenvalue weighted by Gasteiger charge is 2.32. The molecule has 0 bridgehead atoms. The van der Waals surface area contributed by atoms with Gasteiger partial charge in [-0.2, -0.15) is 0 Å². The van der Waals surface area contributed by atoms with Crippen molar-refractivity contribution in [3.63, 3.8) is 0 Å². The maximum Gasteiger partial charge on any atom is 0.269 e. The van der Waals surface area contributed by atoms with Gasteiger partial charge in [-0.05, 0) is 49.2 Å². The Balaban J connectivity index is 1.96. The number of benzene rings is 2. The zero-order valence-corrected chi connectivity index (χ0v) is 16.8. The van der Waals surface area contributed by atoms with Crippen LogP contribution in [0.15, 0.2) is 54.6 Å². The van der Waals surface area contributed by atoms with Crippen molar-refractivity contribution in [3.8, 4) is 22.7 Å². The van der Waals surface area contributed by atoms with E-state index in [0.717, 1.165) is 22.6 Å². The minimum absolute atomic E-state index is 0.0197. The van der Waals surface area contributed by atoms with Crippen LogP contribution in [-0.4, -0.2) is 29.0 Å². The van der Waals surface area contributed by atoms with Crippen molar-refractivity contribution >= 4 is 11.5 Å². The molecule has 3 aromatic rings. The number of non-ortho nitro benzene ring substituents is 1. The van der Waals surface area contributed by atoms with Gasteiger partial charge in [-0.3, -0.25) is 14.9 Å². The summed E-state index contributed by atoms with van der Waals surface area (Å²) in [5.74, 6) is 0.769. The predicted molar refractivity (Wildman–Crippen MR) is 112 cm³/mol. The number of hydrogen-bond donors (Lipinski definition) is 0. The molecule has 0 saturated carbocycles. The van der Waals surface area contributed by atoms with Gasteiger partial charge in [0.05, 0.1) is 29.5 Å². The lowest BCUT2D eigenvalue weighted by Gasteiger charge is -2.25. The van der Waals surface area contributed by atoms with Gasteiger partial charge in [0, 0.05) is 42.5 Å². The Morgan fingerprint density at radius 1 is 1.17 bits per heavy atom. The number of nitro benzene ring substituents is 1. The first-order valence-corrected chi connectivity index (χ1v) is 9.83. The van der Waals surface area contributed by atoms with Gasteiger partial charge in [-0.15, -0.1) is 0 Å². The van der Waals surface area contributed by atoms with Crippen LogP contribution >= 0.6 is 0 Å². The van der Waals surface area contributed by atoms with Crippen molar-refractivity contribution in [2.45, 2.75) is 25.9 Å². The number of aromatic nitrogens is 1. The SMILES string of the molecule is CCOC1CCC(=O)c2cc(-c3ccc([N+](=O)[O-])cc3)n(-c3cccc(OC)c3)c21. The average molecular weight is 406 g/mol. The Bertz CT molecular complexity index is 1100. The van der Waals surface area contributed by atoms with Gasteiger partial charge in [-0.25, -0.2) is 0 Å². The number of hydrogen-bond acceptors (Lipinski definition) is 5. The van der Waals surface area contributed by atoms with Gasteiger partial charge in [0.15, 0.2) is 5.78 Å². The fourth-order valence-corrected chi connectivity index (χ4v) is 3.96. The normalized spacial score (nSPS) is 15.7. The van der Waals surface area contributed by atoms with Gasteiger partial charge < -0.3 is 14.0 Å². The maximum absolute atomic E-state index is 12.7. The summed E-state index contributed by atoms with van der Waals surface area (Å²) in [6.07, 6.45) is 0.841. The summed E-state index contributed by atoms with van der Waals surface area (Å²) in [7, 11) is 1.61. The molecule has 0 N–H and O–H groups in total. The zero-order chi connectivity index (χ0) is 21.3. The summed E-state index contributed by atoms with van der Waals surface area (Å²) in [6, 6.07) is 15.8. The third kappa shape index (κ3) is 3.48. The predicted octanol–water partition coefficient (Wildman–Crippen LogP) is 5.12. The second-order valence-corrected chi connectivity index (χ2v) is 7.08. The number of methoxy groups -OCH3 is 1. The number of ketones is 1. The Morgan fingerprint density at radius 3 is 2.60 bits per heavy atom. The van der Waals surface area contributed by atoms with Crippen LogP contribution in [0.5, 0.6) is 5.75 Å². The number of ether oxygens (including phenoxy) is 2.